The second kappa shape index (κ2) is 6.80. The highest BCUT2D eigenvalue weighted by atomic mass is 35.5. The summed E-state index contributed by atoms with van der Waals surface area (Å²) < 4.78 is 0. The van der Waals surface area contributed by atoms with Crippen molar-refractivity contribution in [1.82, 2.24) is 0 Å². The third-order valence-electron chi connectivity index (χ3n) is 2.36. The SMILES string of the molecule is N#C/C(=N\N=Nc1ccc(Cl)cc1)c1ccc(Cl)cc1. The molecule has 20 heavy (non-hydrogen) atoms. The molecule has 0 saturated carbocycles. The highest BCUT2D eigenvalue weighted by molar-refractivity contribution is 6.31. The van der Waals surface area contributed by atoms with Crippen LogP contribution in [-0.2, 0) is 0 Å². The second-order valence-electron chi connectivity index (χ2n) is 3.73. The number of halogens is 2. The lowest BCUT2D eigenvalue weighted by molar-refractivity contribution is 1.06. The van der Waals surface area contributed by atoms with Gasteiger partial charge in [0.15, 0.2) is 5.71 Å². The average molecular weight is 303 g/mol. The molecule has 4 nitrogen and oxygen atoms in total. The predicted molar refractivity (Wildman–Crippen MR) is 79.6 cm³/mol. The standard InChI is InChI=1S/C14H8Cl2N4/c15-11-3-1-10(2-4-11)14(9-17)19-20-18-13-7-5-12(16)6-8-13/h1-8H/b19-14+,20-18?. The third-order valence-corrected chi connectivity index (χ3v) is 2.86. The van der Waals surface area contributed by atoms with E-state index in [0.717, 1.165) is 0 Å². The number of rotatable bonds is 3. The number of hydrogen-bond acceptors (Lipinski definition) is 3. The summed E-state index contributed by atoms with van der Waals surface area (Å²) in [5.74, 6) is 0. The van der Waals surface area contributed by atoms with Gasteiger partial charge in [-0.05, 0) is 41.6 Å². The summed E-state index contributed by atoms with van der Waals surface area (Å²) in [7, 11) is 0. The maximum atomic E-state index is 9.05. The molecule has 0 atom stereocenters. The molecule has 2 rings (SSSR count). The zero-order valence-corrected chi connectivity index (χ0v) is 11.7. The topological polar surface area (TPSA) is 60.9 Å². The lowest BCUT2D eigenvalue weighted by atomic mass is 10.1. The van der Waals surface area contributed by atoms with E-state index in [9.17, 15) is 0 Å². The van der Waals surface area contributed by atoms with Gasteiger partial charge in [0.2, 0.25) is 0 Å². The Morgan fingerprint density at radius 1 is 0.900 bits per heavy atom. The monoisotopic (exact) mass is 302 g/mol. The van der Waals surface area contributed by atoms with Crippen molar-refractivity contribution in [3.8, 4) is 6.07 Å². The van der Waals surface area contributed by atoms with E-state index in [1.54, 1.807) is 48.5 Å². The van der Waals surface area contributed by atoms with Crippen LogP contribution in [0.2, 0.25) is 10.0 Å². The average Bonchev–Trinajstić information content (AvgIpc) is 2.47. The Kier molecular flexibility index (Phi) is 4.83. The smallest absolute Gasteiger partial charge is 0.172 e. The molecule has 0 fully saturated rings. The number of nitrogens with zero attached hydrogens (tertiary/aromatic N) is 4. The molecular weight excluding hydrogens is 295 g/mol. The Hall–Kier alpha value is -2.22. The van der Waals surface area contributed by atoms with Gasteiger partial charge in [-0.25, -0.2) is 0 Å². The van der Waals surface area contributed by atoms with Gasteiger partial charge >= 0.3 is 0 Å². The fourth-order valence-corrected chi connectivity index (χ4v) is 1.63. The Labute approximate surface area is 126 Å². The van der Waals surface area contributed by atoms with Crippen LogP contribution in [0.5, 0.6) is 0 Å². The van der Waals surface area contributed by atoms with E-state index < -0.39 is 0 Å². The van der Waals surface area contributed by atoms with Gasteiger partial charge in [0.1, 0.15) is 6.07 Å². The molecular formula is C14H8Cl2N4. The zero-order chi connectivity index (χ0) is 14.4. The molecule has 0 aromatic heterocycles. The van der Waals surface area contributed by atoms with Gasteiger partial charge in [0.05, 0.1) is 5.69 Å². The third kappa shape index (κ3) is 3.89. The van der Waals surface area contributed by atoms with Gasteiger partial charge in [-0.2, -0.15) is 5.26 Å². The van der Waals surface area contributed by atoms with Crippen LogP contribution in [0.4, 0.5) is 5.69 Å². The molecule has 98 valence electrons. The highest BCUT2D eigenvalue weighted by Gasteiger charge is 2.01. The Balaban J connectivity index is 2.18. The van der Waals surface area contributed by atoms with Crippen molar-refractivity contribution in [2.45, 2.75) is 0 Å². The normalized spacial score (nSPS) is 11.6. The molecule has 0 aliphatic heterocycles. The summed E-state index contributed by atoms with van der Waals surface area (Å²) in [4.78, 5) is 0. The highest BCUT2D eigenvalue weighted by Crippen LogP contribution is 2.16. The van der Waals surface area contributed by atoms with Crippen LogP contribution >= 0.6 is 23.2 Å². The molecule has 2 aromatic carbocycles. The first-order valence-electron chi connectivity index (χ1n) is 5.59. The minimum Gasteiger partial charge on any atom is -0.191 e. The van der Waals surface area contributed by atoms with Crippen molar-refractivity contribution >= 4 is 34.6 Å². The van der Waals surface area contributed by atoms with Crippen molar-refractivity contribution in [3.63, 3.8) is 0 Å². The molecule has 0 amide bonds. The van der Waals surface area contributed by atoms with E-state index in [1.165, 1.54) is 0 Å². The van der Waals surface area contributed by atoms with Crippen molar-refractivity contribution in [2.24, 2.45) is 15.4 Å². The molecule has 0 radical (unpaired) electrons. The molecule has 0 saturated heterocycles. The van der Waals surface area contributed by atoms with Gasteiger partial charge in [-0.3, -0.25) is 0 Å². The summed E-state index contributed by atoms with van der Waals surface area (Å²) in [5.41, 5.74) is 1.40. The van der Waals surface area contributed by atoms with Crippen LogP contribution in [0, 0.1) is 11.3 Å². The molecule has 0 heterocycles. The number of nitriles is 1. The van der Waals surface area contributed by atoms with Crippen molar-refractivity contribution in [2.75, 3.05) is 0 Å². The van der Waals surface area contributed by atoms with Crippen LogP contribution in [0.1, 0.15) is 5.56 Å². The van der Waals surface area contributed by atoms with E-state index in [1.807, 2.05) is 6.07 Å². The summed E-state index contributed by atoms with van der Waals surface area (Å²) >= 11 is 11.5. The van der Waals surface area contributed by atoms with E-state index in [-0.39, 0.29) is 5.71 Å². The van der Waals surface area contributed by atoms with E-state index in [2.05, 4.69) is 15.4 Å². The Morgan fingerprint density at radius 3 is 2.00 bits per heavy atom. The van der Waals surface area contributed by atoms with Gasteiger partial charge in [0.25, 0.3) is 0 Å². The molecule has 0 aliphatic carbocycles. The van der Waals surface area contributed by atoms with Crippen molar-refractivity contribution in [3.05, 3.63) is 64.1 Å². The first kappa shape index (κ1) is 14.2. The first-order chi connectivity index (χ1) is 9.69. The number of hydrogen-bond donors (Lipinski definition) is 0. The van der Waals surface area contributed by atoms with Crippen LogP contribution < -0.4 is 0 Å². The van der Waals surface area contributed by atoms with Gasteiger partial charge in [0, 0.05) is 15.6 Å². The lowest BCUT2D eigenvalue weighted by Gasteiger charge is -1.95. The van der Waals surface area contributed by atoms with Crippen LogP contribution in [0.3, 0.4) is 0 Å². The molecule has 0 bridgehead atoms. The predicted octanol–water partition coefficient (Wildman–Crippen LogP) is 5.00. The van der Waals surface area contributed by atoms with E-state index in [0.29, 0.717) is 21.3 Å². The quantitative estimate of drug-likeness (QED) is 0.447. The first-order valence-corrected chi connectivity index (χ1v) is 6.35. The maximum absolute atomic E-state index is 9.05. The molecule has 0 aliphatic rings. The maximum Gasteiger partial charge on any atom is 0.172 e. The van der Waals surface area contributed by atoms with E-state index in [4.69, 9.17) is 28.5 Å². The van der Waals surface area contributed by atoms with Gasteiger partial charge < -0.3 is 0 Å². The van der Waals surface area contributed by atoms with Crippen molar-refractivity contribution < 1.29 is 0 Å². The summed E-state index contributed by atoms with van der Waals surface area (Å²) in [6.07, 6.45) is 0. The number of benzene rings is 2. The second-order valence-corrected chi connectivity index (χ2v) is 4.61. The molecule has 0 unspecified atom stereocenters. The van der Waals surface area contributed by atoms with Crippen molar-refractivity contribution in [1.29, 1.82) is 5.26 Å². The molecule has 6 heteroatoms. The van der Waals surface area contributed by atoms with Crippen LogP contribution in [-0.4, -0.2) is 5.71 Å². The summed E-state index contributed by atoms with van der Waals surface area (Å²) in [6.45, 7) is 0. The largest absolute Gasteiger partial charge is 0.191 e. The Morgan fingerprint density at radius 2 is 1.45 bits per heavy atom. The Bertz CT molecular complexity index is 683. The minimum absolute atomic E-state index is 0.166. The summed E-state index contributed by atoms with van der Waals surface area (Å²) in [6, 6.07) is 15.5. The van der Waals surface area contributed by atoms with Gasteiger partial charge in [-0.15, -0.1) is 10.2 Å². The molecule has 0 N–H and O–H groups in total. The van der Waals surface area contributed by atoms with E-state index >= 15 is 0 Å². The molecule has 0 spiro atoms. The van der Waals surface area contributed by atoms with Gasteiger partial charge in [-0.1, -0.05) is 35.3 Å². The van der Waals surface area contributed by atoms with Crippen LogP contribution in [0.15, 0.2) is 64.0 Å². The summed E-state index contributed by atoms with van der Waals surface area (Å²) in [5, 5.41) is 21.6. The fraction of sp³-hybridized carbons (Fsp3) is 0. The lowest BCUT2D eigenvalue weighted by Crippen LogP contribution is -1.95. The van der Waals surface area contributed by atoms with Crippen LogP contribution in [0.25, 0.3) is 0 Å². The minimum atomic E-state index is 0.166. The molecule has 2 aromatic rings. The fourth-order valence-electron chi connectivity index (χ4n) is 1.38. The zero-order valence-electron chi connectivity index (χ0n) is 10.2.